The van der Waals surface area contributed by atoms with Crippen LogP contribution >= 0.6 is 27.3 Å². The summed E-state index contributed by atoms with van der Waals surface area (Å²) in [5.74, 6) is -0.228. The Morgan fingerprint density at radius 1 is 1.06 bits per heavy atom. The summed E-state index contributed by atoms with van der Waals surface area (Å²) in [6.07, 6.45) is 5.73. The molecule has 8 heteroatoms. The molecule has 2 aromatic carbocycles. The Morgan fingerprint density at radius 3 is 2.56 bits per heavy atom. The summed E-state index contributed by atoms with van der Waals surface area (Å²) in [4.78, 5) is 30.9. The van der Waals surface area contributed by atoms with E-state index in [0.29, 0.717) is 13.0 Å². The minimum Gasteiger partial charge on any atom is -0.445 e. The number of rotatable bonds is 12. The molecule has 0 radical (unpaired) electrons. The zero-order chi connectivity index (χ0) is 24.2. The van der Waals surface area contributed by atoms with E-state index in [0.717, 1.165) is 51.2 Å². The lowest BCUT2D eigenvalue weighted by Crippen LogP contribution is -2.48. The molecule has 0 fully saturated rings. The Bertz CT molecular complexity index is 1040. The van der Waals surface area contributed by atoms with Gasteiger partial charge in [-0.15, -0.1) is 11.3 Å². The van der Waals surface area contributed by atoms with Crippen molar-refractivity contribution in [2.24, 2.45) is 0 Å². The maximum Gasteiger partial charge on any atom is 0.408 e. The fraction of sp³-hybridized carbons (Fsp3) is 0.346. The number of unbranched alkanes of at least 4 members (excludes halogenated alkanes) is 3. The van der Waals surface area contributed by atoms with Gasteiger partial charge >= 0.3 is 6.09 Å². The SMILES string of the molecule is CCCCCCNC(=O)C(Cc1ncc(-c2ccc(Br)cc2)s1)NC(=O)OCc1ccccc1. The molecule has 34 heavy (non-hydrogen) atoms. The summed E-state index contributed by atoms with van der Waals surface area (Å²) in [5.41, 5.74) is 1.94. The highest BCUT2D eigenvalue weighted by Gasteiger charge is 2.23. The largest absolute Gasteiger partial charge is 0.445 e. The van der Waals surface area contributed by atoms with Crippen molar-refractivity contribution in [1.82, 2.24) is 15.6 Å². The minimum absolute atomic E-state index is 0.142. The molecule has 0 saturated carbocycles. The van der Waals surface area contributed by atoms with Crippen molar-refractivity contribution in [2.75, 3.05) is 6.54 Å². The molecule has 0 spiro atoms. The number of carbonyl (C=O) groups is 2. The van der Waals surface area contributed by atoms with Gasteiger partial charge in [-0.1, -0.05) is 84.6 Å². The molecule has 6 nitrogen and oxygen atoms in total. The first-order chi connectivity index (χ1) is 16.5. The molecule has 0 aliphatic carbocycles. The standard InChI is InChI=1S/C26H30BrN3O3S/c1-2-3-4-8-15-28-25(31)22(30-26(32)33-18-19-9-6-5-7-10-19)16-24-29-17-23(34-24)20-11-13-21(27)14-12-20/h5-7,9-14,17,22H,2-4,8,15-16,18H2,1H3,(H,28,31)(H,30,32). The Morgan fingerprint density at radius 2 is 1.82 bits per heavy atom. The first kappa shape index (κ1) is 25.9. The third kappa shape index (κ3) is 8.57. The van der Waals surface area contributed by atoms with E-state index in [-0.39, 0.29) is 12.5 Å². The molecule has 180 valence electrons. The van der Waals surface area contributed by atoms with Crippen molar-refractivity contribution >= 4 is 39.3 Å². The van der Waals surface area contributed by atoms with Gasteiger partial charge in [-0.05, 0) is 29.7 Å². The van der Waals surface area contributed by atoms with Crippen LogP contribution in [0, 0.1) is 0 Å². The molecule has 1 aromatic heterocycles. The van der Waals surface area contributed by atoms with E-state index in [4.69, 9.17) is 4.74 Å². The van der Waals surface area contributed by atoms with Gasteiger partial charge in [0.05, 0.1) is 9.88 Å². The molecule has 2 amide bonds. The van der Waals surface area contributed by atoms with E-state index < -0.39 is 12.1 Å². The molecule has 1 heterocycles. The number of alkyl carbamates (subject to hydrolysis) is 1. The summed E-state index contributed by atoms with van der Waals surface area (Å²) in [6, 6.07) is 16.7. The number of amides is 2. The second-order valence-corrected chi connectivity index (χ2v) is 9.97. The average Bonchev–Trinajstić information content (AvgIpc) is 3.32. The average molecular weight is 545 g/mol. The van der Waals surface area contributed by atoms with Crippen LogP contribution in [0.1, 0.15) is 43.2 Å². The van der Waals surface area contributed by atoms with Crippen LogP contribution in [0.2, 0.25) is 0 Å². The van der Waals surface area contributed by atoms with Gasteiger partial charge in [0.1, 0.15) is 12.6 Å². The van der Waals surface area contributed by atoms with Crippen LogP contribution in [0.5, 0.6) is 0 Å². The molecule has 0 bridgehead atoms. The van der Waals surface area contributed by atoms with E-state index >= 15 is 0 Å². The number of hydrogen-bond acceptors (Lipinski definition) is 5. The highest BCUT2D eigenvalue weighted by molar-refractivity contribution is 9.10. The van der Waals surface area contributed by atoms with E-state index in [1.807, 2.05) is 54.6 Å². The maximum atomic E-state index is 12.9. The Kier molecular flexibility index (Phi) is 10.6. The van der Waals surface area contributed by atoms with Gasteiger partial charge in [-0.25, -0.2) is 9.78 Å². The summed E-state index contributed by atoms with van der Waals surface area (Å²) in [5, 5.41) is 6.45. The van der Waals surface area contributed by atoms with Crippen LogP contribution in [0.25, 0.3) is 10.4 Å². The second kappa shape index (κ2) is 13.9. The predicted molar refractivity (Wildman–Crippen MR) is 140 cm³/mol. The third-order valence-corrected chi connectivity index (χ3v) is 6.81. The van der Waals surface area contributed by atoms with Gasteiger partial charge in [-0.3, -0.25) is 4.79 Å². The van der Waals surface area contributed by atoms with E-state index in [9.17, 15) is 9.59 Å². The van der Waals surface area contributed by atoms with Gasteiger partial charge in [-0.2, -0.15) is 0 Å². The molecule has 1 atom stereocenters. The fourth-order valence-corrected chi connectivity index (χ4v) is 4.56. The van der Waals surface area contributed by atoms with E-state index in [2.05, 4.69) is 38.5 Å². The molecular formula is C26H30BrN3O3S. The lowest BCUT2D eigenvalue weighted by Gasteiger charge is -2.17. The maximum absolute atomic E-state index is 12.9. The number of hydrogen-bond donors (Lipinski definition) is 2. The fourth-order valence-electron chi connectivity index (χ4n) is 3.33. The van der Waals surface area contributed by atoms with Crippen LogP contribution in [-0.4, -0.2) is 29.6 Å². The summed E-state index contributed by atoms with van der Waals surface area (Å²) in [7, 11) is 0. The number of halogens is 1. The van der Waals surface area contributed by atoms with Crippen LogP contribution in [-0.2, 0) is 22.6 Å². The zero-order valence-electron chi connectivity index (χ0n) is 19.3. The highest BCUT2D eigenvalue weighted by Crippen LogP contribution is 2.28. The minimum atomic E-state index is -0.765. The van der Waals surface area contributed by atoms with Gasteiger partial charge in [0, 0.05) is 23.6 Å². The van der Waals surface area contributed by atoms with Crippen LogP contribution < -0.4 is 10.6 Å². The Labute approximate surface area is 213 Å². The number of carbonyl (C=O) groups excluding carboxylic acids is 2. The number of benzene rings is 2. The number of nitrogens with one attached hydrogen (secondary N) is 2. The van der Waals surface area contributed by atoms with Crippen LogP contribution in [0.15, 0.2) is 65.3 Å². The zero-order valence-corrected chi connectivity index (χ0v) is 21.7. The first-order valence-electron chi connectivity index (χ1n) is 11.5. The molecule has 0 aliphatic rings. The lowest BCUT2D eigenvalue weighted by molar-refractivity contribution is -0.123. The second-order valence-electron chi connectivity index (χ2n) is 7.94. The normalized spacial score (nSPS) is 11.6. The van der Waals surface area contributed by atoms with E-state index in [1.54, 1.807) is 6.20 Å². The Hall–Kier alpha value is -2.71. The summed E-state index contributed by atoms with van der Waals surface area (Å²) < 4.78 is 6.35. The van der Waals surface area contributed by atoms with Crippen molar-refractivity contribution in [1.29, 1.82) is 0 Å². The smallest absolute Gasteiger partial charge is 0.408 e. The molecule has 1 unspecified atom stereocenters. The van der Waals surface area contributed by atoms with Crippen molar-refractivity contribution in [3.05, 3.63) is 75.8 Å². The van der Waals surface area contributed by atoms with Gasteiger partial charge in [0.2, 0.25) is 5.91 Å². The number of nitrogens with zero attached hydrogens (tertiary/aromatic N) is 1. The molecule has 0 saturated heterocycles. The van der Waals surface area contributed by atoms with Crippen LogP contribution in [0.4, 0.5) is 4.79 Å². The van der Waals surface area contributed by atoms with Crippen molar-refractivity contribution < 1.29 is 14.3 Å². The molecule has 3 aromatic rings. The molecule has 0 aliphatic heterocycles. The van der Waals surface area contributed by atoms with Crippen molar-refractivity contribution in [3.8, 4) is 10.4 Å². The predicted octanol–water partition coefficient (Wildman–Crippen LogP) is 6.11. The van der Waals surface area contributed by atoms with Gasteiger partial charge in [0.25, 0.3) is 0 Å². The number of thiazole rings is 1. The molecule has 3 rings (SSSR count). The highest BCUT2D eigenvalue weighted by atomic mass is 79.9. The monoisotopic (exact) mass is 543 g/mol. The van der Waals surface area contributed by atoms with Crippen molar-refractivity contribution in [2.45, 2.75) is 51.7 Å². The topological polar surface area (TPSA) is 80.3 Å². The molecule has 2 N–H and O–H groups in total. The number of ether oxygens (including phenoxy) is 1. The van der Waals surface area contributed by atoms with Gasteiger partial charge in [0.15, 0.2) is 0 Å². The third-order valence-electron chi connectivity index (χ3n) is 5.21. The van der Waals surface area contributed by atoms with E-state index in [1.165, 1.54) is 11.3 Å². The quantitative estimate of drug-likeness (QED) is 0.270. The molecular weight excluding hydrogens is 514 g/mol. The Balaban J connectivity index is 1.62. The number of aromatic nitrogens is 1. The first-order valence-corrected chi connectivity index (χ1v) is 13.1. The summed E-state index contributed by atoms with van der Waals surface area (Å²) in [6.45, 7) is 2.87. The lowest BCUT2D eigenvalue weighted by atomic mass is 10.2. The van der Waals surface area contributed by atoms with Gasteiger partial charge < -0.3 is 15.4 Å². The van der Waals surface area contributed by atoms with Crippen molar-refractivity contribution in [3.63, 3.8) is 0 Å². The summed E-state index contributed by atoms with van der Waals surface area (Å²) >= 11 is 4.96. The van der Waals surface area contributed by atoms with Crippen LogP contribution in [0.3, 0.4) is 0 Å².